The second-order valence-electron chi connectivity index (χ2n) is 15.9. The molecule has 3 heteroatoms. The molecule has 0 spiro atoms. The van der Waals surface area contributed by atoms with E-state index in [0.29, 0.717) is 17.8 Å². The molecule has 8 rings (SSSR count). The molecular weight excluding hydrogens is 617 g/mol. The van der Waals surface area contributed by atoms with Crippen LogP contribution in [0.5, 0.6) is 11.5 Å². The van der Waals surface area contributed by atoms with Crippen LogP contribution in [0.3, 0.4) is 0 Å². The molecule has 0 amide bonds. The van der Waals surface area contributed by atoms with Gasteiger partial charge in [-0.1, -0.05) is 152 Å². The Bertz CT molecular complexity index is 2180. The molecule has 2 nitrogen and oxygen atoms in total. The number of anilines is 3. The first kappa shape index (κ1) is 33.1. The van der Waals surface area contributed by atoms with E-state index in [2.05, 4.69) is 188 Å². The molecule has 0 aromatic heterocycles. The number of fused-ring (bicyclic) bond motifs is 4. The fourth-order valence-electron chi connectivity index (χ4n) is 8.55. The van der Waals surface area contributed by atoms with Gasteiger partial charge < -0.3 is 9.64 Å². The van der Waals surface area contributed by atoms with Gasteiger partial charge >= 0.3 is 0 Å². The first-order valence-corrected chi connectivity index (χ1v) is 18.7. The minimum Gasteiger partial charge on any atom is -0.458 e. The minimum absolute atomic E-state index is 0.0740. The first-order valence-electron chi connectivity index (χ1n) is 18.7. The van der Waals surface area contributed by atoms with Crippen LogP contribution < -0.4 is 26.0 Å². The third-order valence-electron chi connectivity index (χ3n) is 11.3. The highest BCUT2D eigenvalue weighted by Gasteiger charge is 2.38. The summed E-state index contributed by atoms with van der Waals surface area (Å²) in [6.45, 7) is 18.7. The summed E-state index contributed by atoms with van der Waals surface area (Å²) >= 11 is 0. The molecule has 254 valence electrons. The Morgan fingerprint density at radius 3 is 1.65 bits per heavy atom. The van der Waals surface area contributed by atoms with Gasteiger partial charge in [-0.25, -0.2) is 0 Å². The monoisotopic (exact) mass is 665 g/mol. The molecule has 0 saturated heterocycles. The molecule has 0 radical (unpaired) electrons. The molecule has 2 aliphatic rings. The fourth-order valence-corrected chi connectivity index (χ4v) is 8.55. The lowest BCUT2D eigenvalue weighted by Crippen LogP contribution is -2.57. The molecule has 0 fully saturated rings. The predicted octanol–water partition coefficient (Wildman–Crippen LogP) is 11.5. The maximum absolute atomic E-state index is 6.66. The number of para-hydroxylation sites is 3. The van der Waals surface area contributed by atoms with Gasteiger partial charge in [-0.15, -0.1) is 0 Å². The van der Waals surface area contributed by atoms with Crippen LogP contribution in [0.25, 0.3) is 11.1 Å². The number of rotatable bonds is 6. The molecule has 0 aliphatic carbocycles. The van der Waals surface area contributed by atoms with Crippen molar-refractivity contribution >= 4 is 40.2 Å². The summed E-state index contributed by atoms with van der Waals surface area (Å²) < 4.78 is 6.66. The van der Waals surface area contributed by atoms with Crippen molar-refractivity contribution in [2.75, 3.05) is 4.90 Å². The smallest absolute Gasteiger partial charge is 0.251 e. The number of benzene rings is 6. The molecular formula is C48H48BNO. The summed E-state index contributed by atoms with van der Waals surface area (Å²) in [4.78, 5) is 2.43. The van der Waals surface area contributed by atoms with E-state index in [1.54, 1.807) is 0 Å². The van der Waals surface area contributed by atoms with E-state index < -0.39 is 0 Å². The Hall–Kier alpha value is -5.02. The number of nitrogens with zero attached hydrogens (tertiary/aromatic N) is 1. The van der Waals surface area contributed by atoms with Crippen molar-refractivity contribution in [2.24, 2.45) is 0 Å². The highest BCUT2D eigenvalue weighted by molar-refractivity contribution is 6.97. The van der Waals surface area contributed by atoms with Crippen molar-refractivity contribution in [3.8, 4) is 22.6 Å². The van der Waals surface area contributed by atoms with Crippen LogP contribution in [-0.4, -0.2) is 6.71 Å². The normalized spacial score (nSPS) is 14.3. The molecule has 51 heavy (non-hydrogen) atoms. The molecule has 0 unspecified atom stereocenters. The summed E-state index contributed by atoms with van der Waals surface area (Å²) in [5.74, 6) is 3.15. The average molecular weight is 666 g/mol. The molecule has 0 saturated carbocycles. The van der Waals surface area contributed by atoms with Crippen molar-refractivity contribution in [3.63, 3.8) is 0 Å². The van der Waals surface area contributed by atoms with E-state index in [4.69, 9.17) is 4.74 Å². The van der Waals surface area contributed by atoms with Gasteiger partial charge in [0, 0.05) is 11.1 Å². The third-order valence-corrected chi connectivity index (χ3v) is 11.3. The van der Waals surface area contributed by atoms with Crippen LogP contribution in [0.4, 0.5) is 17.1 Å². The van der Waals surface area contributed by atoms with Gasteiger partial charge in [-0.2, -0.15) is 0 Å². The largest absolute Gasteiger partial charge is 0.458 e. The van der Waals surface area contributed by atoms with E-state index in [0.717, 1.165) is 17.2 Å². The number of ether oxygens (including phenoxy) is 1. The zero-order chi connectivity index (χ0) is 35.6. The van der Waals surface area contributed by atoms with Crippen molar-refractivity contribution < 1.29 is 4.74 Å². The lowest BCUT2D eigenvalue weighted by molar-refractivity contribution is 0.487. The minimum atomic E-state index is -0.0794. The summed E-state index contributed by atoms with van der Waals surface area (Å²) in [7, 11) is 0. The molecule has 2 heterocycles. The Morgan fingerprint density at radius 1 is 0.529 bits per heavy atom. The molecule has 0 atom stereocenters. The first-order chi connectivity index (χ1) is 24.5. The average Bonchev–Trinajstić information content (AvgIpc) is 3.13. The topological polar surface area (TPSA) is 12.5 Å². The van der Waals surface area contributed by atoms with E-state index in [9.17, 15) is 0 Å². The lowest BCUT2D eigenvalue weighted by Gasteiger charge is -2.42. The predicted molar refractivity (Wildman–Crippen MR) is 219 cm³/mol. The van der Waals surface area contributed by atoms with Gasteiger partial charge in [-0.05, 0) is 104 Å². The van der Waals surface area contributed by atoms with Gasteiger partial charge in [0.05, 0.1) is 11.4 Å². The Morgan fingerprint density at radius 2 is 1.06 bits per heavy atom. The highest BCUT2D eigenvalue weighted by Crippen LogP contribution is 2.51. The fraction of sp³-hybridized carbons (Fsp3) is 0.250. The summed E-state index contributed by atoms with van der Waals surface area (Å²) in [5, 5.41) is 0. The summed E-state index contributed by atoms with van der Waals surface area (Å²) in [5.41, 5.74) is 16.9. The van der Waals surface area contributed by atoms with Crippen LogP contribution in [0.15, 0.2) is 127 Å². The highest BCUT2D eigenvalue weighted by atomic mass is 16.5. The second kappa shape index (κ2) is 12.6. The van der Waals surface area contributed by atoms with Gasteiger partial charge in [0.25, 0.3) is 6.71 Å². The van der Waals surface area contributed by atoms with Crippen LogP contribution in [0.2, 0.25) is 0 Å². The van der Waals surface area contributed by atoms with Crippen molar-refractivity contribution in [2.45, 2.75) is 78.6 Å². The van der Waals surface area contributed by atoms with E-state index >= 15 is 0 Å². The van der Waals surface area contributed by atoms with E-state index in [1.807, 2.05) is 0 Å². The van der Waals surface area contributed by atoms with E-state index in [1.165, 1.54) is 66.7 Å². The number of hydrogen-bond acceptors (Lipinski definition) is 2. The molecule has 0 N–H and O–H groups in total. The SMILES string of the molecule is CC(C)c1cc(C(C)C)c(B2c3ccccc3Oc3ccc(-c4ccc(N5c6ccccc6C(C)(C)c6ccccc65)cc4)cc32)c(C(C)C)c1. The molecule has 6 aromatic carbocycles. The summed E-state index contributed by atoms with van der Waals surface area (Å²) in [6, 6.07) is 47.2. The van der Waals surface area contributed by atoms with Crippen LogP contribution >= 0.6 is 0 Å². The van der Waals surface area contributed by atoms with Crippen LogP contribution in [0.1, 0.15) is 101 Å². The third kappa shape index (κ3) is 5.50. The Labute approximate surface area is 305 Å². The Balaban J connectivity index is 1.25. The van der Waals surface area contributed by atoms with Crippen molar-refractivity contribution in [3.05, 3.63) is 155 Å². The van der Waals surface area contributed by atoms with Gasteiger partial charge in [-0.3, -0.25) is 0 Å². The van der Waals surface area contributed by atoms with Crippen molar-refractivity contribution in [1.29, 1.82) is 0 Å². The standard InChI is InChI=1S/C48H48BNO/c1-30(2)35-27-37(31(3)4)47(38(28-35)32(5)6)49-41-17-11-14-20-45(41)51-46-26-23-34(29-42(46)49)33-21-24-36(25-22-33)50-43-18-12-9-15-39(43)48(7,8)40-16-10-13-19-44(40)50/h9-32H,1-8H3. The lowest BCUT2D eigenvalue weighted by atomic mass is 9.33. The van der Waals surface area contributed by atoms with Gasteiger partial charge in [0.15, 0.2) is 0 Å². The maximum Gasteiger partial charge on any atom is 0.251 e. The van der Waals surface area contributed by atoms with Crippen molar-refractivity contribution in [1.82, 2.24) is 0 Å². The van der Waals surface area contributed by atoms with Gasteiger partial charge in [0.2, 0.25) is 0 Å². The maximum atomic E-state index is 6.66. The zero-order valence-corrected chi connectivity index (χ0v) is 31.3. The van der Waals surface area contributed by atoms with Gasteiger partial charge in [0.1, 0.15) is 11.5 Å². The Kier molecular flexibility index (Phi) is 8.21. The zero-order valence-electron chi connectivity index (χ0n) is 31.3. The summed E-state index contributed by atoms with van der Waals surface area (Å²) in [6.07, 6.45) is 0. The quantitative estimate of drug-likeness (QED) is 0.164. The number of hydrogen-bond donors (Lipinski definition) is 0. The second-order valence-corrected chi connectivity index (χ2v) is 15.9. The van der Waals surface area contributed by atoms with Crippen LogP contribution in [0, 0.1) is 0 Å². The van der Waals surface area contributed by atoms with E-state index in [-0.39, 0.29) is 12.1 Å². The molecule has 6 aromatic rings. The van der Waals surface area contributed by atoms with Crippen LogP contribution in [-0.2, 0) is 5.41 Å². The molecule has 2 aliphatic heterocycles. The molecule has 0 bridgehead atoms.